The quantitative estimate of drug-likeness (QED) is 0.357. The Balaban J connectivity index is 0.00000280. The molecule has 1 aliphatic carbocycles. The van der Waals surface area contributed by atoms with Crippen molar-refractivity contribution in [1.82, 2.24) is 15.5 Å². The molecule has 7 heteroatoms. The van der Waals surface area contributed by atoms with Crippen LogP contribution in [0.3, 0.4) is 0 Å². The van der Waals surface area contributed by atoms with Gasteiger partial charge in [-0.05, 0) is 50.0 Å². The number of guanidine groups is 1. The Bertz CT molecular complexity index is 641. The molecule has 1 heterocycles. The first-order chi connectivity index (χ1) is 13.1. The van der Waals surface area contributed by atoms with Crippen molar-refractivity contribution < 1.29 is 9.53 Å². The molecular formula is C21H33IN4O2. The molecule has 2 N–H and O–H groups in total. The summed E-state index contributed by atoms with van der Waals surface area (Å²) in [4.78, 5) is 18.0. The molecule has 1 amide bonds. The van der Waals surface area contributed by atoms with Gasteiger partial charge < -0.3 is 20.3 Å². The topological polar surface area (TPSA) is 66.0 Å². The van der Waals surface area contributed by atoms with Gasteiger partial charge in [0.25, 0.3) is 0 Å². The van der Waals surface area contributed by atoms with Crippen LogP contribution in [0.1, 0.15) is 38.2 Å². The number of amides is 1. The summed E-state index contributed by atoms with van der Waals surface area (Å²) in [6.07, 6.45) is 5.28. The second-order valence-electron chi connectivity index (χ2n) is 7.69. The number of carbonyl (C=O) groups excluding carboxylic acids is 1. The lowest BCUT2D eigenvalue weighted by atomic mass is 9.96. The van der Waals surface area contributed by atoms with Crippen LogP contribution in [-0.2, 0) is 11.2 Å². The molecule has 0 unspecified atom stereocenters. The minimum absolute atomic E-state index is 0. The summed E-state index contributed by atoms with van der Waals surface area (Å²) in [5.74, 6) is 0.865. The van der Waals surface area contributed by atoms with E-state index in [1.54, 1.807) is 4.90 Å². The third-order valence-electron chi connectivity index (χ3n) is 5.60. The third-order valence-corrected chi connectivity index (χ3v) is 5.60. The largest absolute Gasteiger partial charge is 0.450 e. The highest BCUT2D eigenvalue weighted by Gasteiger charge is 2.42. The number of benzene rings is 1. The maximum Gasteiger partial charge on any atom is 0.409 e. The predicted octanol–water partition coefficient (Wildman–Crippen LogP) is 3.41. The van der Waals surface area contributed by atoms with Crippen LogP contribution in [0.4, 0.5) is 4.79 Å². The van der Waals surface area contributed by atoms with Crippen molar-refractivity contribution in [2.45, 2.75) is 45.1 Å². The fraction of sp³-hybridized carbons (Fsp3) is 0.619. The summed E-state index contributed by atoms with van der Waals surface area (Å²) in [5.41, 5.74) is 1.78. The predicted molar refractivity (Wildman–Crippen MR) is 123 cm³/mol. The highest BCUT2D eigenvalue weighted by atomic mass is 127. The Morgan fingerprint density at radius 3 is 2.50 bits per heavy atom. The lowest BCUT2D eigenvalue weighted by molar-refractivity contribution is 0.0963. The molecule has 0 spiro atoms. The van der Waals surface area contributed by atoms with Gasteiger partial charge in [0, 0.05) is 32.7 Å². The van der Waals surface area contributed by atoms with Crippen LogP contribution < -0.4 is 10.6 Å². The summed E-state index contributed by atoms with van der Waals surface area (Å²) >= 11 is 0. The number of hydrogen-bond acceptors (Lipinski definition) is 3. The van der Waals surface area contributed by atoms with Crippen molar-refractivity contribution in [1.29, 1.82) is 0 Å². The van der Waals surface area contributed by atoms with Gasteiger partial charge in [0.05, 0.1) is 6.61 Å². The fourth-order valence-electron chi connectivity index (χ4n) is 3.70. The van der Waals surface area contributed by atoms with Crippen molar-refractivity contribution >= 4 is 36.0 Å². The van der Waals surface area contributed by atoms with Crippen molar-refractivity contribution in [3.8, 4) is 0 Å². The van der Waals surface area contributed by atoms with E-state index in [4.69, 9.17) is 4.74 Å². The molecule has 2 aliphatic rings. The van der Waals surface area contributed by atoms with Gasteiger partial charge in [-0.15, -0.1) is 24.0 Å². The molecule has 6 nitrogen and oxygen atoms in total. The number of piperidine rings is 1. The Morgan fingerprint density at radius 2 is 1.93 bits per heavy atom. The Kier molecular flexibility index (Phi) is 8.85. The van der Waals surface area contributed by atoms with E-state index in [0.717, 1.165) is 44.9 Å². The van der Waals surface area contributed by atoms with Gasteiger partial charge in [-0.1, -0.05) is 30.3 Å². The molecule has 1 aromatic carbocycles. The van der Waals surface area contributed by atoms with Crippen LogP contribution in [0.15, 0.2) is 35.3 Å². The summed E-state index contributed by atoms with van der Waals surface area (Å²) in [7, 11) is 1.82. The van der Waals surface area contributed by atoms with Crippen LogP contribution in [-0.4, -0.2) is 56.3 Å². The van der Waals surface area contributed by atoms with Gasteiger partial charge in [-0.25, -0.2) is 4.79 Å². The van der Waals surface area contributed by atoms with Gasteiger partial charge in [-0.2, -0.15) is 0 Å². The molecule has 2 fully saturated rings. The van der Waals surface area contributed by atoms with Gasteiger partial charge in [-0.3, -0.25) is 4.99 Å². The molecule has 28 heavy (non-hydrogen) atoms. The highest BCUT2D eigenvalue weighted by molar-refractivity contribution is 14.0. The molecule has 1 saturated carbocycles. The lowest BCUT2D eigenvalue weighted by Gasteiger charge is -2.32. The number of aliphatic imine (C=N–C) groups is 1. The lowest BCUT2D eigenvalue weighted by Crippen LogP contribution is -2.50. The average molecular weight is 500 g/mol. The van der Waals surface area contributed by atoms with E-state index in [1.807, 2.05) is 14.0 Å². The van der Waals surface area contributed by atoms with E-state index >= 15 is 0 Å². The fourth-order valence-corrected chi connectivity index (χ4v) is 3.70. The molecular weight excluding hydrogens is 467 g/mol. The van der Waals surface area contributed by atoms with Gasteiger partial charge in [0.15, 0.2) is 5.96 Å². The van der Waals surface area contributed by atoms with Crippen LogP contribution >= 0.6 is 24.0 Å². The van der Waals surface area contributed by atoms with E-state index in [2.05, 4.69) is 46.0 Å². The minimum atomic E-state index is -0.199. The second-order valence-corrected chi connectivity index (χ2v) is 7.69. The number of halogens is 1. The number of nitrogens with one attached hydrogen (secondary N) is 2. The average Bonchev–Trinajstić information content (AvgIpc) is 3.46. The van der Waals surface area contributed by atoms with Crippen LogP contribution in [0.25, 0.3) is 0 Å². The first-order valence-corrected chi connectivity index (χ1v) is 10.1. The van der Waals surface area contributed by atoms with E-state index in [9.17, 15) is 4.79 Å². The van der Waals surface area contributed by atoms with Crippen molar-refractivity contribution in [2.24, 2.45) is 10.4 Å². The zero-order valence-electron chi connectivity index (χ0n) is 16.9. The van der Waals surface area contributed by atoms with Crippen molar-refractivity contribution in [3.05, 3.63) is 35.9 Å². The second kappa shape index (κ2) is 10.9. The number of carbonyl (C=O) groups is 1. The number of rotatable bonds is 6. The highest BCUT2D eigenvalue weighted by Crippen LogP contribution is 2.47. The normalized spacial score (nSPS) is 18.8. The van der Waals surface area contributed by atoms with Crippen LogP contribution in [0, 0.1) is 5.41 Å². The van der Waals surface area contributed by atoms with Crippen molar-refractivity contribution in [3.63, 3.8) is 0 Å². The van der Waals surface area contributed by atoms with E-state index in [1.165, 1.54) is 18.4 Å². The summed E-state index contributed by atoms with van der Waals surface area (Å²) in [6.45, 7) is 4.67. The smallest absolute Gasteiger partial charge is 0.409 e. The van der Waals surface area contributed by atoms with Crippen LogP contribution in [0.5, 0.6) is 0 Å². The molecule has 1 aromatic rings. The monoisotopic (exact) mass is 500 g/mol. The van der Waals surface area contributed by atoms with E-state index < -0.39 is 0 Å². The summed E-state index contributed by atoms with van der Waals surface area (Å²) in [6, 6.07) is 11.1. The third kappa shape index (κ3) is 6.53. The number of ether oxygens (including phenoxy) is 1. The number of likely N-dealkylation sites (tertiary alicyclic amines) is 1. The maximum atomic E-state index is 11.8. The van der Waals surface area contributed by atoms with Gasteiger partial charge in [0.2, 0.25) is 0 Å². The first kappa shape index (κ1) is 22.8. The van der Waals surface area contributed by atoms with Crippen molar-refractivity contribution in [2.75, 3.05) is 33.3 Å². The number of nitrogens with zero attached hydrogens (tertiary/aromatic N) is 2. The SMILES string of the molecule is CCOC(=O)N1CCC(NC(=NC)NCC2(Cc3ccccc3)CC2)CC1.I. The Hall–Kier alpha value is -1.51. The molecule has 3 rings (SSSR count). The first-order valence-electron chi connectivity index (χ1n) is 10.1. The molecule has 156 valence electrons. The Morgan fingerprint density at radius 1 is 1.25 bits per heavy atom. The minimum Gasteiger partial charge on any atom is -0.450 e. The van der Waals surface area contributed by atoms with Crippen LogP contribution in [0.2, 0.25) is 0 Å². The zero-order valence-corrected chi connectivity index (χ0v) is 19.3. The molecule has 0 atom stereocenters. The maximum absolute atomic E-state index is 11.8. The molecule has 0 radical (unpaired) electrons. The zero-order chi connectivity index (χ0) is 19.1. The molecule has 1 aliphatic heterocycles. The molecule has 1 saturated heterocycles. The standard InChI is InChI=1S/C21H32N4O2.HI/c1-3-27-20(26)25-13-9-18(10-14-25)24-19(22-2)23-16-21(11-12-21)15-17-7-5-4-6-8-17;/h4-8,18H,3,9-16H2,1-2H3,(H2,22,23,24);1H. The molecule has 0 bridgehead atoms. The van der Waals surface area contributed by atoms with Gasteiger partial charge in [0.1, 0.15) is 0 Å². The van der Waals surface area contributed by atoms with Gasteiger partial charge >= 0.3 is 6.09 Å². The molecule has 0 aromatic heterocycles. The van der Waals surface area contributed by atoms with E-state index in [0.29, 0.717) is 18.1 Å². The summed E-state index contributed by atoms with van der Waals surface area (Å²) < 4.78 is 5.08. The van der Waals surface area contributed by atoms with E-state index in [-0.39, 0.29) is 30.1 Å². The Labute approximate surface area is 185 Å². The summed E-state index contributed by atoms with van der Waals surface area (Å²) in [5, 5.41) is 7.05. The number of hydrogen-bond donors (Lipinski definition) is 2.